The van der Waals surface area contributed by atoms with Gasteiger partial charge >= 0.3 is 5.97 Å². The van der Waals surface area contributed by atoms with E-state index in [4.69, 9.17) is 14.2 Å². The molecule has 0 saturated heterocycles. The van der Waals surface area contributed by atoms with Crippen molar-refractivity contribution in [2.45, 2.75) is 20.0 Å². The summed E-state index contributed by atoms with van der Waals surface area (Å²) in [4.78, 5) is 23.7. The normalized spacial score (nSPS) is 10.2. The minimum absolute atomic E-state index is 0.0624. The number of ether oxygens (including phenoxy) is 3. The fraction of sp³-hybridized carbons (Fsp3) is 0.167. The Morgan fingerprint density at radius 1 is 0.793 bits per heavy atom. The van der Waals surface area contributed by atoms with Crippen LogP contribution in [-0.4, -0.2) is 18.4 Å². The van der Waals surface area contributed by atoms with E-state index in [1.165, 1.54) is 0 Å². The summed E-state index contributed by atoms with van der Waals surface area (Å²) < 4.78 is 16.6. The highest BCUT2D eigenvalue weighted by Gasteiger charge is 2.10. The van der Waals surface area contributed by atoms with Crippen molar-refractivity contribution in [1.82, 2.24) is 0 Å². The number of carbonyl (C=O) groups excluding carboxylic acids is 2. The van der Waals surface area contributed by atoms with Crippen LogP contribution in [0.15, 0.2) is 78.9 Å². The molecule has 5 nitrogen and oxygen atoms in total. The van der Waals surface area contributed by atoms with E-state index in [2.05, 4.69) is 0 Å². The second kappa shape index (κ2) is 10.1. The topological polar surface area (TPSA) is 61.8 Å². The predicted octanol–water partition coefficient (Wildman–Crippen LogP) is 5.19. The van der Waals surface area contributed by atoms with E-state index in [1.807, 2.05) is 61.5 Å². The van der Waals surface area contributed by atoms with Crippen LogP contribution in [0.25, 0.3) is 0 Å². The van der Waals surface area contributed by atoms with Crippen LogP contribution < -0.4 is 9.47 Å². The van der Waals surface area contributed by atoms with Crippen molar-refractivity contribution in [3.05, 3.63) is 90.0 Å². The first-order chi connectivity index (χ1) is 14.2. The fourth-order valence-corrected chi connectivity index (χ4v) is 2.62. The first-order valence-corrected chi connectivity index (χ1v) is 9.38. The third kappa shape index (κ3) is 5.94. The van der Waals surface area contributed by atoms with Crippen LogP contribution in [-0.2, 0) is 16.1 Å². The fourth-order valence-electron chi connectivity index (χ4n) is 2.62. The van der Waals surface area contributed by atoms with E-state index in [-0.39, 0.29) is 19.0 Å². The average molecular weight is 390 g/mol. The Hall–Kier alpha value is -3.60. The van der Waals surface area contributed by atoms with Gasteiger partial charge in [0.1, 0.15) is 23.9 Å². The summed E-state index contributed by atoms with van der Waals surface area (Å²) in [5.74, 6) is 1.41. The maximum Gasteiger partial charge on any atom is 0.344 e. The number of carbonyl (C=O) groups is 2. The molecule has 3 aromatic rings. The van der Waals surface area contributed by atoms with E-state index in [0.717, 1.165) is 5.56 Å². The smallest absolute Gasteiger partial charge is 0.344 e. The molecule has 0 saturated carbocycles. The molecule has 148 valence electrons. The van der Waals surface area contributed by atoms with Gasteiger partial charge in [0.25, 0.3) is 0 Å². The molecule has 0 unspecified atom stereocenters. The van der Waals surface area contributed by atoms with Crippen molar-refractivity contribution in [2.24, 2.45) is 0 Å². The van der Waals surface area contributed by atoms with E-state index in [0.29, 0.717) is 29.2 Å². The van der Waals surface area contributed by atoms with Gasteiger partial charge in [-0.05, 0) is 42.5 Å². The van der Waals surface area contributed by atoms with Crippen molar-refractivity contribution >= 4 is 11.8 Å². The van der Waals surface area contributed by atoms with Crippen LogP contribution in [0, 0.1) is 0 Å². The highest BCUT2D eigenvalue weighted by molar-refractivity contribution is 5.95. The summed E-state index contributed by atoms with van der Waals surface area (Å²) in [5, 5.41) is 0. The SMILES string of the molecule is CCC(=O)c1ccc(OCC(=O)OCc2ccccc2Oc2ccccc2)cc1. The zero-order chi connectivity index (χ0) is 20.5. The summed E-state index contributed by atoms with van der Waals surface area (Å²) in [6.07, 6.45) is 0.446. The van der Waals surface area contributed by atoms with Gasteiger partial charge in [-0.25, -0.2) is 4.79 Å². The third-order valence-electron chi connectivity index (χ3n) is 4.19. The zero-order valence-electron chi connectivity index (χ0n) is 16.2. The Labute approximate surface area is 169 Å². The molecule has 0 fully saturated rings. The average Bonchev–Trinajstić information content (AvgIpc) is 2.77. The second-order valence-electron chi connectivity index (χ2n) is 6.27. The van der Waals surface area contributed by atoms with Gasteiger partial charge in [0, 0.05) is 17.5 Å². The van der Waals surface area contributed by atoms with Crippen LogP contribution in [0.2, 0.25) is 0 Å². The van der Waals surface area contributed by atoms with Gasteiger partial charge in [-0.1, -0.05) is 43.3 Å². The zero-order valence-corrected chi connectivity index (χ0v) is 16.2. The summed E-state index contributed by atoms with van der Waals surface area (Å²) in [6, 6.07) is 23.5. The number of benzene rings is 3. The number of ketones is 1. The van der Waals surface area contributed by atoms with Gasteiger partial charge in [-0.15, -0.1) is 0 Å². The van der Waals surface area contributed by atoms with Gasteiger partial charge in [-0.2, -0.15) is 0 Å². The first kappa shape index (κ1) is 20.1. The minimum atomic E-state index is -0.492. The molecule has 0 atom stereocenters. The van der Waals surface area contributed by atoms with E-state index >= 15 is 0 Å². The molecule has 0 aromatic heterocycles. The minimum Gasteiger partial charge on any atom is -0.482 e. The lowest BCUT2D eigenvalue weighted by atomic mass is 10.1. The lowest BCUT2D eigenvalue weighted by Crippen LogP contribution is -2.15. The number of hydrogen-bond acceptors (Lipinski definition) is 5. The Morgan fingerprint density at radius 2 is 1.48 bits per heavy atom. The first-order valence-electron chi connectivity index (χ1n) is 9.38. The molecule has 0 heterocycles. The molecule has 0 bridgehead atoms. The van der Waals surface area contributed by atoms with Crippen LogP contribution in [0.3, 0.4) is 0 Å². The second-order valence-corrected chi connectivity index (χ2v) is 6.27. The maximum atomic E-state index is 12.0. The standard InChI is InChI=1S/C24H22O5/c1-2-22(25)18-12-14-20(15-13-18)27-17-24(26)28-16-19-8-6-7-11-23(19)29-21-9-4-3-5-10-21/h3-15H,2,16-17H2,1H3. The van der Waals surface area contributed by atoms with Crippen molar-refractivity contribution in [2.75, 3.05) is 6.61 Å². The molecule has 0 aliphatic carbocycles. The van der Waals surface area contributed by atoms with E-state index in [9.17, 15) is 9.59 Å². The third-order valence-corrected chi connectivity index (χ3v) is 4.19. The highest BCUT2D eigenvalue weighted by atomic mass is 16.6. The van der Waals surface area contributed by atoms with Crippen molar-refractivity contribution in [1.29, 1.82) is 0 Å². The summed E-state index contributed by atoms with van der Waals surface area (Å²) >= 11 is 0. The van der Waals surface area contributed by atoms with E-state index in [1.54, 1.807) is 24.3 Å². The Bertz CT molecular complexity index is 949. The van der Waals surface area contributed by atoms with Crippen molar-refractivity contribution in [3.8, 4) is 17.2 Å². The highest BCUT2D eigenvalue weighted by Crippen LogP contribution is 2.25. The summed E-state index contributed by atoms with van der Waals surface area (Å²) in [7, 11) is 0. The van der Waals surface area contributed by atoms with Gasteiger partial charge in [0.15, 0.2) is 12.4 Å². The maximum absolute atomic E-state index is 12.0. The van der Waals surface area contributed by atoms with E-state index < -0.39 is 5.97 Å². The summed E-state index contributed by atoms with van der Waals surface area (Å²) in [6.45, 7) is 1.67. The Morgan fingerprint density at radius 3 is 2.21 bits per heavy atom. The monoisotopic (exact) mass is 390 g/mol. The van der Waals surface area contributed by atoms with Gasteiger partial charge in [0.05, 0.1) is 0 Å². The molecule has 5 heteroatoms. The van der Waals surface area contributed by atoms with Crippen LogP contribution >= 0.6 is 0 Å². The van der Waals surface area contributed by atoms with Gasteiger partial charge in [-0.3, -0.25) is 4.79 Å². The molecule has 3 aromatic carbocycles. The molecule has 0 aliphatic rings. The summed E-state index contributed by atoms with van der Waals surface area (Å²) in [5.41, 5.74) is 1.38. The van der Waals surface area contributed by atoms with Gasteiger partial charge < -0.3 is 14.2 Å². The van der Waals surface area contributed by atoms with Crippen molar-refractivity contribution in [3.63, 3.8) is 0 Å². The van der Waals surface area contributed by atoms with Crippen LogP contribution in [0.1, 0.15) is 29.3 Å². The number of esters is 1. The molecule has 0 radical (unpaired) electrons. The predicted molar refractivity (Wildman–Crippen MR) is 109 cm³/mol. The van der Waals surface area contributed by atoms with Crippen molar-refractivity contribution < 1.29 is 23.8 Å². The largest absolute Gasteiger partial charge is 0.482 e. The molecule has 3 rings (SSSR count). The molecular formula is C24H22O5. The Balaban J connectivity index is 1.51. The van der Waals surface area contributed by atoms with Crippen LogP contribution in [0.4, 0.5) is 0 Å². The molecule has 0 amide bonds. The number of rotatable bonds is 9. The number of Topliss-reactive ketones (excluding diaryl/α,β-unsaturated/α-hetero) is 1. The molecule has 0 N–H and O–H groups in total. The molecule has 0 aliphatic heterocycles. The Kier molecular flexibility index (Phi) is 7.00. The molecule has 29 heavy (non-hydrogen) atoms. The number of hydrogen-bond donors (Lipinski definition) is 0. The lowest BCUT2D eigenvalue weighted by Gasteiger charge is -2.12. The quantitative estimate of drug-likeness (QED) is 0.371. The van der Waals surface area contributed by atoms with Crippen LogP contribution in [0.5, 0.6) is 17.2 Å². The molecule has 0 spiro atoms. The number of para-hydroxylation sites is 2. The molecular weight excluding hydrogens is 368 g/mol. The lowest BCUT2D eigenvalue weighted by molar-refractivity contribution is -0.147. The van der Waals surface area contributed by atoms with Gasteiger partial charge in [0.2, 0.25) is 0 Å².